The molecule has 3 aromatic rings. The first-order valence-corrected chi connectivity index (χ1v) is 10.6. The highest BCUT2D eigenvalue weighted by atomic mass is 32.2. The monoisotopic (exact) mass is 398 g/mol. The Hall–Kier alpha value is -2.51. The van der Waals surface area contributed by atoms with Gasteiger partial charge in [0, 0.05) is 40.6 Å². The van der Waals surface area contributed by atoms with E-state index in [9.17, 15) is 4.79 Å². The third kappa shape index (κ3) is 4.61. The van der Waals surface area contributed by atoms with Crippen LogP contribution in [0.5, 0.6) is 11.5 Å². The maximum absolute atomic E-state index is 12.1. The molecule has 7 heteroatoms. The lowest BCUT2D eigenvalue weighted by Crippen LogP contribution is -2.12. The molecule has 0 unspecified atom stereocenters. The van der Waals surface area contributed by atoms with Gasteiger partial charge in [0.05, 0.1) is 5.69 Å². The minimum Gasteiger partial charge on any atom is -0.454 e. The zero-order valence-electron chi connectivity index (χ0n) is 14.5. The standard InChI is InChI=1S/C20H18N2O3S2/c23-19(21-15-6-7-17-18(10-15)25-13-24-17)8-9-26-11-16-12-27-20(22-16)14-4-2-1-3-5-14/h1-7,10,12H,8-9,11,13H2,(H,21,23). The van der Waals surface area contributed by atoms with Gasteiger partial charge in [0.15, 0.2) is 11.5 Å². The molecule has 1 amide bonds. The van der Waals surface area contributed by atoms with Gasteiger partial charge < -0.3 is 14.8 Å². The van der Waals surface area contributed by atoms with Gasteiger partial charge in [-0.15, -0.1) is 11.3 Å². The SMILES string of the molecule is O=C(CCSCc1csc(-c2ccccc2)n1)Nc1ccc2c(c1)OCO2. The van der Waals surface area contributed by atoms with E-state index in [1.165, 1.54) is 0 Å². The molecule has 1 N–H and O–H groups in total. The molecule has 2 heterocycles. The van der Waals surface area contributed by atoms with E-state index in [0.717, 1.165) is 33.5 Å². The molecule has 2 aromatic carbocycles. The summed E-state index contributed by atoms with van der Waals surface area (Å²) in [5, 5.41) is 6.01. The van der Waals surface area contributed by atoms with Crippen LogP contribution in [0.25, 0.3) is 10.6 Å². The fourth-order valence-corrected chi connectivity index (χ4v) is 4.39. The molecule has 5 nitrogen and oxygen atoms in total. The van der Waals surface area contributed by atoms with E-state index in [4.69, 9.17) is 9.47 Å². The van der Waals surface area contributed by atoms with Gasteiger partial charge in [-0.1, -0.05) is 30.3 Å². The number of fused-ring (bicyclic) bond motifs is 1. The zero-order chi connectivity index (χ0) is 18.5. The number of carbonyl (C=O) groups excluding carboxylic acids is 1. The summed E-state index contributed by atoms with van der Waals surface area (Å²) in [7, 11) is 0. The maximum Gasteiger partial charge on any atom is 0.231 e. The van der Waals surface area contributed by atoms with Crippen molar-refractivity contribution in [3.05, 3.63) is 59.6 Å². The van der Waals surface area contributed by atoms with Crippen LogP contribution < -0.4 is 14.8 Å². The minimum absolute atomic E-state index is 0.00961. The molecular weight excluding hydrogens is 380 g/mol. The van der Waals surface area contributed by atoms with Crippen molar-refractivity contribution in [3.63, 3.8) is 0 Å². The lowest BCUT2D eigenvalue weighted by Gasteiger charge is -2.06. The van der Waals surface area contributed by atoms with Gasteiger partial charge in [0.1, 0.15) is 5.01 Å². The van der Waals surface area contributed by atoms with Crippen LogP contribution in [0, 0.1) is 0 Å². The van der Waals surface area contributed by atoms with Crippen molar-refractivity contribution in [2.75, 3.05) is 17.9 Å². The molecule has 0 saturated heterocycles. The predicted molar refractivity (Wildman–Crippen MR) is 110 cm³/mol. The third-order valence-corrected chi connectivity index (χ3v) is 5.89. The molecule has 1 aromatic heterocycles. The summed E-state index contributed by atoms with van der Waals surface area (Å²) in [5.74, 6) is 2.92. The number of hydrogen-bond acceptors (Lipinski definition) is 6. The Morgan fingerprint density at radius 2 is 2.00 bits per heavy atom. The number of rotatable bonds is 7. The summed E-state index contributed by atoms with van der Waals surface area (Å²) in [6, 6.07) is 15.6. The number of hydrogen-bond donors (Lipinski definition) is 1. The Labute approximate surface area is 165 Å². The summed E-state index contributed by atoms with van der Waals surface area (Å²) in [6.45, 7) is 0.228. The van der Waals surface area contributed by atoms with Crippen molar-refractivity contribution in [1.29, 1.82) is 0 Å². The number of aromatic nitrogens is 1. The van der Waals surface area contributed by atoms with Crippen molar-refractivity contribution in [2.45, 2.75) is 12.2 Å². The number of nitrogens with one attached hydrogen (secondary N) is 1. The van der Waals surface area contributed by atoms with Crippen LogP contribution in [0.4, 0.5) is 5.69 Å². The number of thiazole rings is 1. The first-order chi connectivity index (χ1) is 13.3. The van der Waals surface area contributed by atoms with Gasteiger partial charge in [0.25, 0.3) is 0 Å². The number of carbonyl (C=O) groups is 1. The molecule has 138 valence electrons. The Bertz CT molecular complexity index is 928. The van der Waals surface area contributed by atoms with E-state index >= 15 is 0 Å². The van der Waals surface area contributed by atoms with E-state index in [2.05, 4.69) is 27.8 Å². The summed E-state index contributed by atoms with van der Waals surface area (Å²) in [6.07, 6.45) is 0.453. The molecule has 0 saturated carbocycles. The van der Waals surface area contributed by atoms with E-state index in [-0.39, 0.29) is 12.7 Å². The van der Waals surface area contributed by atoms with Crippen molar-refractivity contribution in [2.24, 2.45) is 0 Å². The van der Waals surface area contributed by atoms with Crippen LogP contribution in [0.3, 0.4) is 0 Å². The van der Waals surface area contributed by atoms with Gasteiger partial charge in [0.2, 0.25) is 12.7 Å². The van der Waals surface area contributed by atoms with E-state index in [0.29, 0.717) is 17.9 Å². The number of benzene rings is 2. The van der Waals surface area contributed by atoms with Crippen LogP contribution in [-0.4, -0.2) is 23.4 Å². The number of anilines is 1. The molecule has 0 atom stereocenters. The van der Waals surface area contributed by atoms with Gasteiger partial charge in [-0.25, -0.2) is 4.98 Å². The molecule has 1 aliphatic rings. The highest BCUT2D eigenvalue weighted by Crippen LogP contribution is 2.34. The fraction of sp³-hybridized carbons (Fsp3) is 0.200. The average Bonchev–Trinajstić information content (AvgIpc) is 3.35. The lowest BCUT2D eigenvalue weighted by atomic mass is 10.2. The topological polar surface area (TPSA) is 60.5 Å². The fourth-order valence-electron chi connectivity index (χ4n) is 2.63. The van der Waals surface area contributed by atoms with Crippen LogP contribution in [-0.2, 0) is 10.5 Å². The molecule has 0 radical (unpaired) electrons. The van der Waals surface area contributed by atoms with Crippen molar-refractivity contribution < 1.29 is 14.3 Å². The van der Waals surface area contributed by atoms with Crippen LogP contribution >= 0.6 is 23.1 Å². The van der Waals surface area contributed by atoms with Gasteiger partial charge in [-0.2, -0.15) is 11.8 Å². The van der Waals surface area contributed by atoms with Gasteiger partial charge in [-0.3, -0.25) is 4.79 Å². The van der Waals surface area contributed by atoms with Crippen molar-refractivity contribution >= 4 is 34.7 Å². The normalized spacial score (nSPS) is 12.1. The first kappa shape index (κ1) is 17.9. The molecule has 27 heavy (non-hydrogen) atoms. The van der Waals surface area contributed by atoms with Crippen molar-refractivity contribution in [3.8, 4) is 22.1 Å². The van der Waals surface area contributed by atoms with Crippen molar-refractivity contribution in [1.82, 2.24) is 4.98 Å². The Morgan fingerprint density at radius 1 is 1.15 bits per heavy atom. The molecular formula is C20H18N2O3S2. The molecule has 4 rings (SSSR count). The second-order valence-electron chi connectivity index (χ2n) is 5.93. The first-order valence-electron chi connectivity index (χ1n) is 8.55. The zero-order valence-corrected chi connectivity index (χ0v) is 16.1. The predicted octanol–water partition coefficient (Wildman–Crippen LogP) is 4.80. The van der Waals surface area contributed by atoms with Crippen LogP contribution in [0.1, 0.15) is 12.1 Å². The summed E-state index contributed by atoms with van der Waals surface area (Å²) in [5.41, 5.74) is 2.92. The quantitative estimate of drug-likeness (QED) is 0.579. The maximum atomic E-state index is 12.1. The lowest BCUT2D eigenvalue weighted by molar-refractivity contribution is -0.115. The second-order valence-corrected chi connectivity index (χ2v) is 7.89. The Kier molecular flexibility index (Phi) is 5.60. The molecule has 1 aliphatic heterocycles. The summed E-state index contributed by atoms with van der Waals surface area (Å²) in [4.78, 5) is 16.8. The number of amides is 1. The largest absolute Gasteiger partial charge is 0.454 e. The smallest absolute Gasteiger partial charge is 0.231 e. The molecule has 0 spiro atoms. The highest BCUT2D eigenvalue weighted by Gasteiger charge is 2.14. The van der Waals surface area contributed by atoms with E-state index < -0.39 is 0 Å². The molecule has 0 aliphatic carbocycles. The van der Waals surface area contributed by atoms with Crippen LogP contribution in [0.15, 0.2) is 53.9 Å². The molecule has 0 fully saturated rings. The van der Waals surface area contributed by atoms with Crippen LogP contribution in [0.2, 0.25) is 0 Å². The third-order valence-electron chi connectivity index (χ3n) is 3.95. The van der Waals surface area contributed by atoms with E-state index in [1.54, 1.807) is 35.2 Å². The van der Waals surface area contributed by atoms with Gasteiger partial charge in [-0.05, 0) is 12.1 Å². The average molecular weight is 399 g/mol. The summed E-state index contributed by atoms with van der Waals surface area (Å²) < 4.78 is 10.6. The number of ether oxygens (including phenoxy) is 2. The summed E-state index contributed by atoms with van der Waals surface area (Å²) >= 11 is 3.37. The Balaban J connectivity index is 1.21. The van der Waals surface area contributed by atoms with Gasteiger partial charge >= 0.3 is 0 Å². The molecule has 0 bridgehead atoms. The Morgan fingerprint density at radius 3 is 2.89 bits per heavy atom. The van der Waals surface area contributed by atoms with E-state index in [1.807, 2.05) is 24.3 Å². The highest BCUT2D eigenvalue weighted by molar-refractivity contribution is 7.98. The number of thioether (sulfide) groups is 1. The second kappa shape index (κ2) is 8.45. The number of nitrogens with zero attached hydrogens (tertiary/aromatic N) is 1. The minimum atomic E-state index is -0.00961.